The number of rotatable bonds is 4. The van der Waals surface area contributed by atoms with E-state index in [1.54, 1.807) is 12.1 Å². The molecular weight excluding hydrogens is 418 g/mol. The molecule has 1 aliphatic heterocycles. The van der Waals surface area contributed by atoms with Gasteiger partial charge in [0.15, 0.2) is 0 Å². The molecule has 1 aliphatic rings. The first-order valence-corrected chi connectivity index (χ1v) is 8.48. The number of barbiturate groups is 1. The van der Waals surface area contributed by atoms with Gasteiger partial charge in [0.25, 0.3) is 11.8 Å². The number of aromatic nitrogens is 1. The van der Waals surface area contributed by atoms with Crippen molar-refractivity contribution >= 4 is 45.5 Å². The van der Waals surface area contributed by atoms with Gasteiger partial charge in [-0.3, -0.25) is 19.9 Å². The summed E-state index contributed by atoms with van der Waals surface area (Å²) in [5.41, 5.74) is 0.559. The lowest BCUT2D eigenvalue weighted by molar-refractivity contribution is -0.122. The number of methoxy groups -OCH3 is 2. The van der Waals surface area contributed by atoms with Crippen molar-refractivity contribution in [2.45, 2.75) is 0 Å². The van der Waals surface area contributed by atoms with Gasteiger partial charge >= 0.3 is 6.03 Å². The monoisotopic (exact) mass is 431 g/mol. The summed E-state index contributed by atoms with van der Waals surface area (Å²) in [6.07, 6.45) is 4.25. The van der Waals surface area contributed by atoms with E-state index in [0.717, 1.165) is 4.90 Å². The molecule has 2 heterocycles. The van der Waals surface area contributed by atoms with Crippen molar-refractivity contribution in [1.29, 1.82) is 0 Å². The van der Waals surface area contributed by atoms with E-state index in [0.29, 0.717) is 27.2 Å². The van der Waals surface area contributed by atoms with E-state index in [9.17, 15) is 14.4 Å². The van der Waals surface area contributed by atoms with E-state index in [4.69, 9.17) is 9.47 Å². The quantitative estimate of drug-likeness (QED) is 0.589. The normalized spacial score (nSPS) is 15.7. The number of halogens is 1. The Morgan fingerprint density at radius 2 is 1.74 bits per heavy atom. The van der Waals surface area contributed by atoms with Crippen LogP contribution in [0.3, 0.4) is 0 Å². The van der Waals surface area contributed by atoms with Gasteiger partial charge in [0.2, 0.25) is 0 Å². The first-order valence-electron chi connectivity index (χ1n) is 7.69. The number of imide groups is 2. The van der Waals surface area contributed by atoms with E-state index in [2.05, 4.69) is 26.2 Å². The average molecular weight is 432 g/mol. The molecule has 1 N–H and O–H groups in total. The van der Waals surface area contributed by atoms with E-state index in [1.807, 2.05) is 0 Å². The van der Waals surface area contributed by atoms with Gasteiger partial charge in [-0.25, -0.2) is 9.69 Å². The van der Waals surface area contributed by atoms with Crippen molar-refractivity contribution in [3.63, 3.8) is 0 Å². The molecule has 1 aromatic heterocycles. The van der Waals surface area contributed by atoms with Crippen molar-refractivity contribution in [1.82, 2.24) is 10.3 Å². The predicted molar refractivity (Wildman–Crippen MR) is 100 cm³/mol. The molecule has 8 nitrogen and oxygen atoms in total. The first-order chi connectivity index (χ1) is 13.0. The number of pyridine rings is 1. The molecule has 0 radical (unpaired) electrons. The van der Waals surface area contributed by atoms with E-state index < -0.39 is 17.8 Å². The van der Waals surface area contributed by atoms with E-state index >= 15 is 0 Å². The zero-order chi connectivity index (χ0) is 19.6. The molecule has 0 aliphatic carbocycles. The van der Waals surface area contributed by atoms with Gasteiger partial charge in [-0.2, -0.15) is 0 Å². The molecule has 1 saturated heterocycles. The van der Waals surface area contributed by atoms with Gasteiger partial charge in [0, 0.05) is 24.0 Å². The Kier molecular flexibility index (Phi) is 5.22. The minimum atomic E-state index is -0.823. The van der Waals surface area contributed by atoms with Crippen LogP contribution in [0.5, 0.6) is 11.5 Å². The fourth-order valence-corrected chi connectivity index (χ4v) is 3.06. The third kappa shape index (κ3) is 3.54. The van der Waals surface area contributed by atoms with Crippen LogP contribution < -0.4 is 19.7 Å². The zero-order valence-electron chi connectivity index (χ0n) is 14.4. The van der Waals surface area contributed by atoms with Crippen LogP contribution in [-0.2, 0) is 9.59 Å². The number of urea groups is 1. The van der Waals surface area contributed by atoms with E-state index in [1.165, 1.54) is 44.8 Å². The maximum absolute atomic E-state index is 12.8. The number of hydrogen-bond donors (Lipinski definition) is 1. The first kappa shape index (κ1) is 18.6. The maximum atomic E-state index is 12.8. The van der Waals surface area contributed by atoms with Crippen molar-refractivity contribution in [2.75, 3.05) is 19.1 Å². The molecule has 4 amide bonds. The molecule has 0 saturated carbocycles. The van der Waals surface area contributed by atoms with Crippen LogP contribution in [0.1, 0.15) is 5.56 Å². The van der Waals surface area contributed by atoms with Crippen molar-refractivity contribution < 1.29 is 23.9 Å². The Balaban J connectivity index is 2.07. The summed E-state index contributed by atoms with van der Waals surface area (Å²) in [6.45, 7) is 0. The maximum Gasteiger partial charge on any atom is 0.335 e. The highest BCUT2D eigenvalue weighted by atomic mass is 79.9. The third-order valence-corrected chi connectivity index (χ3v) is 4.45. The number of benzene rings is 1. The lowest BCUT2D eigenvalue weighted by atomic mass is 10.1. The third-order valence-electron chi connectivity index (χ3n) is 3.83. The fraction of sp³-hybridized carbons (Fsp3) is 0.111. The Bertz CT molecular complexity index is 959. The Morgan fingerprint density at radius 1 is 1.07 bits per heavy atom. The molecule has 9 heteroatoms. The Hall–Kier alpha value is -3.20. The summed E-state index contributed by atoms with van der Waals surface area (Å²) in [4.78, 5) is 42.0. The largest absolute Gasteiger partial charge is 0.496 e. The number of nitrogens with one attached hydrogen (secondary N) is 1. The Labute approximate surface area is 162 Å². The van der Waals surface area contributed by atoms with Crippen LogP contribution in [0.2, 0.25) is 0 Å². The SMILES string of the molecule is COc1cc(OC)c(/C=C2\C(=O)NC(=O)N(c3ccncc3)C2=O)cc1Br. The minimum absolute atomic E-state index is 0.207. The number of hydrogen-bond acceptors (Lipinski definition) is 6. The molecule has 1 fully saturated rings. The van der Waals surface area contributed by atoms with Crippen LogP contribution in [0.15, 0.2) is 46.7 Å². The highest BCUT2D eigenvalue weighted by molar-refractivity contribution is 9.10. The zero-order valence-corrected chi connectivity index (χ0v) is 15.9. The molecule has 0 atom stereocenters. The Morgan fingerprint density at radius 3 is 2.37 bits per heavy atom. The summed E-state index contributed by atoms with van der Waals surface area (Å²) in [7, 11) is 2.97. The lowest BCUT2D eigenvalue weighted by Gasteiger charge is -2.26. The van der Waals surface area contributed by atoms with Crippen molar-refractivity contribution in [3.05, 3.63) is 52.3 Å². The number of anilines is 1. The molecular formula is C18H14BrN3O5. The topological polar surface area (TPSA) is 97.8 Å². The highest BCUT2D eigenvalue weighted by Crippen LogP contribution is 2.34. The summed E-state index contributed by atoms with van der Waals surface area (Å²) in [5, 5.41) is 2.16. The molecule has 27 heavy (non-hydrogen) atoms. The smallest absolute Gasteiger partial charge is 0.335 e. The second kappa shape index (κ2) is 7.58. The number of amides is 4. The summed E-state index contributed by atoms with van der Waals surface area (Å²) < 4.78 is 11.1. The number of ether oxygens (including phenoxy) is 2. The second-order valence-corrected chi connectivity index (χ2v) is 6.25. The molecule has 138 valence electrons. The van der Waals surface area contributed by atoms with E-state index in [-0.39, 0.29) is 5.57 Å². The van der Waals surface area contributed by atoms with Crippen LogP contribution in [-0.4, -0.2) is 37.0 Å². The molecule has 3 rings (SSSR count). The lowest BCUT2D eigenvalue weighted by Crippen LogP contribution is -2.54. The van der Waals surface area contributed by atoms with Crippen molar-refractivity contribution in [3.8, 4) is 11.5 Å². The highest BCUT2D eigenvalue weighted by Gasteiger charge is 2.37. The van der Waals surface area contributed by atoms with Crippen molar-refractivity contribution in [2.24, 2.45) is 0 Å². The molecule has 0 bridgehead atoms. The summed E-state index contributed by atoms with van der Waals surface area (Å²) in [5.74, 6) is -0.606. The van der Waals surface area contributed by atoms with Gasteiger partial charge < -0.3 is 9.47 Å². The molecule has 0 unspecified atom stereocenters. The predicted octanol–water partition coefficient (Wildman–Crippen LogP) is 2.53. The standard InChI is InChI=1S/C18H14BrN3O5/c1-26-14-9-15(27-2)13(19)8-10(14)7-12-16(23)21-18(25)22(17(12)24)11-3-5-20-6-4-11/h3-9H,1-2H3,(H,21,23,25)/b12-7+. The fourth-order valence-electron chi connectivity index (χ4n) is 2.54. The molecule has 2 aromatic rings. The minimum Gasteiger partial charge on any atom is -0.496 e. The van der Waals surface area contributed by atoms with Crippen LogP contribution in [0, 0.1) is 0 Å². The molecule has 1 aromatic carbocycles. The summed E-state index contributed by atoms with van der Waals surface area (Å²) in [6, 6.07) is 5.44. The van der Waals surface area contributed by atoms with Gasteiger partial charge in [0.1, 0.15) is 17.1 Å². The van der Waals surface area contributed by atoms with Crippen LogP contribution in [0.4, 0.5) is 10.5 Å². The average Bonchev–Trinajstić information content (AvgIpc) is 2.66. The number of carbonyl (C=O) groups excluding carboxylic acids is 3. The number of nitrogens with zero attached hydrogens (tertiary/aromatic N) is 2. The summed E-state index contributed by atoms with van der Waals surface area (Å²) >= 11 is 3.36. The van der Waals surface area contributed by atoms with Crippen LogP contribution in [0.25, 0.3) is 6.08 Å². The van der Waals surface area contributed by atoms with Crippen LogP contribution >= 0.6 is 15.9 Å². The van der Waals surface area contributed by atoms with Gasteiger partial charge in [-0.05, 0) is 40.2 Å². The van der Waals surface area contributed by atoms with Gasteiger partial charge in [-0.1, -0.05) is 0 Å². The van der Waals surface area contributed by atoms with Gasteiger partial charge in [-0.15, -0.1) is 0 Å². The second-order valence-electron chi connectivity index (χ2n) is 5.39. The molecule has 0 spiro atoms. The number of carbonyl (C=O) groups is 3. The van der Waals surface area contributed by atoms with Gasteiger partial charge in [0.05, 0.1) is 24.4 Å².